The highest BCUT2D eigenvalue weighted by atomic mass is 35.5. The number of ether oxygens (including phenoxy) is 2. The van der Waals surface area contributed by atoms with Crippen molar-refractivity contribution in [1.29, 1.82) is 0 Å². The van der Waals surface area contributed by atoms with E-state index < -0.39 is 0 Å². The van der Waals surface area contributed by atoms with Gasteiger partial charge in [0, 0.05) is 12.5 Å². The van der Waals surface area contributed by atoms with Crippen LogP contribution in [0.25, 0.3) is 0 Å². The van der Waals surface area contributed by atoms with Crippen molar-refractivity contribution in [2.45, 2.75) is 32.6 Å². The molecule has 0 aliphatic carbocycles. The van der Waals surface area contributed by atoms with E-state index >= 15 is 0 Å². The molecule has 0 spiro atoms. The molecule has 3 heteroatoms. The Morgan fingerprint density at radius 1 is 1.07 bits per heavy atom. The van der Waals surface area contributed by atoms with Gasteiger partial charge in [0.2, 0.25) is 0 Å². The largest absolute Gasteiger partial charge is 0.355 e. The Hall–Kier alpha value is -0.0500. The maximum absolute atomic E-state index is 5.51. The van der Waals surface area contributed by atoms with Gasteiger partial charge in [0.15, 0.2) is 0 Å². The highest BCUT2D eigenvalue weighted by Gasteiger charge is 1.87. The van der Waals surface area contributed by atoms with Gasteiger partial charge in [-0.2, -0.15) is 0 Å². The highest BCUT2D eigenvalue weighted by Crippen LogP contribution is 1.92. The SMILES string of the molecule is CCCCOCOCC/C=C/CCCl. The van der Waals surface area contributed by atoms with Crippen molar-refractivity contribution >= 4 is 11.6 Å². The number of allylic oxidation sites excluding steroid dienone is 1. The lowest BCUT2D eigenvalue weighted by molar-refractivity contribution is -0.0528. The van der Waals surface area contributed by atoms with Gasteiger partial charge in [-0.1, -0.05) is 25.5 Å². The van der Waals surface area contributed by atoms with Gasteiger partial charge in [0.25, 0.3) is 0 Å². The van der Waals surface area contributed by atoms with Gasteiger partial charge in [0.05, 0.1) is 6.61 Å². The van der Waals surface area contributed by atoms with Crippen LogP contribution in [0.15, 0.2) is 12.2 Å². The molecule has 0 aromatic carbocycles. The monoisotopic (exact) mass is 220 g/mol. The van der Waals surface area contributed by atoms with Crippen LogP contribution in [0.2, 0.25) is 0 Å². The van der Waals surface area contributed by atoms with Crippen LogP contribution in [0.1, 0.15) is 32.6 Å². The van der Waals surface area contributed by atoms with Crippen molar-refractivity contribution in [1.82, 2.24) is 0 Å². The Balaban J connectivity index is 2.91. The number of unbranched alkanes of at least 4 members (excludes halogenated alkanes) is 1. The molecule has 0 radical (unpaired) electrons. The van der Waals surface area contributed by atoms with Gasteiger partial charge >= 0.3 is 0 Å². The Bertz CT molecular complexity index is 126. The van der Waals surface area contributed by atoms with E-state index in [2.05, 4.69) is 19.1 Å². The maximum Gasteiger partial charge on any atom is 0.146 e. The Labute approximate surface area is 92.2 Å². The van der Waals surface area contributed by atoms with Gasteiger partial charge in [-0.05, 0) is 19.3 Å². The fraction of sp³-hybridized carbons (Fsp3) is 0.818. The number of alkyl halides is 1. The quantitative estimate of drug-likeness (QED) is 0.243. The Morgan fingerprint density at radius 3 is 2.50 bits per heavy atom. The van der Waals surface area contributed by atoms with E-state index in [-0.39, 0.29) is 0 Å². The van der Waals surface area contributed by atoms with Crippen molar-refractivity contribution in [3.63, 3.8) is 0 Å². The van der Waals surface area contributed by atoms with E-state index in [4.69, 9.17) is 21.1 Å². The van der Waals surface area contributed by atoms with E-state index in [1.807, 2.05) is 0 Å². The first-order chi connectivity index (χ1) is 6.91. The van der Waals surface area contributed by atoms with Crippen molar-refractivity contribution in [2.24, 2.45) is 0 Å². The zero-order valence-electron chi connectivity index (χ0n) is 9.01. The third-order valence-corrected chi connectivity index (χ3v) is 1.90. The number of hydrogen-bond donors (Lipinski definition) is 0. The van der Waals surface area contributed by atoms with Gasteiger partial charge in [-0.25, -0.2) is 0 Å². The van der Waals surface area contributed by atoms with Gasteiger partial charge in [0.1, 0.15) is 6.79 Å². The van der Waals surface area contributed by atoms with Gasteiger partial charge in [-0.3, -0.25) is 0 Å². The molecule has 0 aliphatic heterocycles. The Kier molecular flexibility index (Phi) is 12.9. The summed E-state index contributed by atoms with van der Waals surface area (Å²) in [6.07, 6.45) is 8.32. The van der Waals surface area contributed by atoms with Gasteiger partial charge < -0.3 is 9.47 Å². The summed E-state index contributed by atoms with van der Waals surface area (Å²) in [5.74, 6) is 0.692. The maximum atomic E-state index is 5.51. The molecule has 0 aliphatic rings. The summed E-state index contributed by atoms with van der Waals surface area (Å²) in [7, 11) is 0. The first-order valence-electron chi connectivity index (χ1n) is 5.28. The van der Waals surface area contributed by atoms with Crippen LogP contribution < -0.4 is 0 Å². The van der Waals surface area contributed by atoms with Crippen LogP contribution >= 0.6 is 11.6 Å². The number of rotatable bonds is 10. The van der Waals surface area contributed by atoms with Gasteiger partial charge in [-0.15, -0.1) is 11.6 Å². The summed E-state index contributed by atoms with van der Waals surface area (Å²) in [4.78, 5) is 0. The molecule has 0 unspecified atom stereocenters. The minimum absolute atomic E-state index is 0.420. The molecule has 0 aromatic heterocycles. The first kappa shape index (κ1) is 13.9. The molecule has 0 saturated carbocycles. The van der Waals surface area contributed by atoms with Crippen molar-refractivity contribution in [2.75, 3.05) is 25.9 Å². The van der Waals surface area contributed by atoms with Crippen LogP contribution in [0, 0.1) is 0 Å². The summed E-state index contributed by atoms with van der Waals surface area (Å²) in [6.45, 7) is 4.10. The summed E-state index contributed by atoms with van der Waals surface area (Å²) in [6, 6.07) is 0. The molecule has 0 atom stereocenters. The molecular formula is C11H21ClO2. The molecule has 0 rings (SSSR count). The van der Waals surface area contributed by atoms with Crippen LogP contribution in [-0.4, -0.2) is 25.9 Å². The predicted octanol–water partition coefficient (Wildman–Crippen LogP) is 3.35. The molecule has 0 bridgehead atoms. The third kappa shape index (κ3) is 11.9. The fourth-order valence-corrected chi connectivity index (χ4v) is 0.999. The molecule has 0 fully saturated rings. The lowest BCUT2D eigenvalue weighted by atomic mass is 10.3. The third-order valence-electron chi connectivity index (χ3n) is 1.68. The second kappa shape index (κ2) is 12.9. The molecule has 84 valence electrons. The topological polar surface area (TPSA) is 18.5 Å². The highest BCUT2D eigenvalue weighted by molar-refractivity contribution is 6.17. The molecule has 0 N–H and O–H groups in total. The molecule has 0 heterocycles. The minimum atomic E-state index is 0.420. The smallest absolute Gasteiger partial charge is 0.146 e. The standard InChI is InChI=1S/C11H21ClO2/c1-2-3-9-13-11-14-10-7-5-4-6-8-12/h4-5H,2-3,6-11H2,1H3/b5-4+. The summed E-state index contributed by atoms with van der Waals surface area (Å²) in [5.41, 5.74) is 0. The average Bonchev–Trinajstić information content (AvgIpc) is 2.21. The summed E-state index contributed by atoms with van der Waals surface area (Å²) < 4.78 is 10.5. The van der Waals surface area contributed by atoms with E-state index in [9.17, 15) is 0 Å². The molecule has 2 nitrogen and oxygen atoms in total. The van der Waals surface area contributed by atoms with Crippen molar-refractivity contribution < 1.29 is 9.47 Å². The zero-order valence-corrected chi connectivity index (χ0v) is 9.76. The first-order valence-corrected chi connectivity index (χ1v) is 5.81. The second-order valence-electron chi connectivity index (χ2n) is 3.03. The molecule has 14 heavy (non-hydrogen) atoms. The lowest BCUT2D eigenvalue weighted by Gasteiger charge is -2.03. The fourth-order valence-electron chi connectivity index (χ4n) is 0.873. The second-order valence-corrected chi connectivity index (χ2v) is 3.40. The molecule has 0 saturated heterocycles. The zero-order chi connectivity index (χ0) is 10.5. The van der Waals surface area contributed by atoms with E-state index in [0.717, 1.165) is 32.5 Å². The van der Waals surface area contributed by atoms with Crippen LogP contribution in [0.5, 0.6) is 0 Å². The van der Waals surface area contributed by atoms with Crippen LogP contribution in [-0.2, 0) is 9.47 Å². The minimum Gasteiger partial charge on any atom is -0.355 e. The lowest BCUT2D eigenvalue weighted by Crippen LogP contribution is -2.02. The van der Waals surface area contributed by atoms with Crippen LogP contribution in [0.4, 0.5) is 0 Å². The van der Waals surface area contributed by atoms with Crippen molar-refractivity contribution in [3.05, 3.63) is 12.2 Å². The number of hydrogen-bond acceptors (Lipinski definition) is 2. The normalized spacial score (nSPS) is 11.3. The summed E-state index contributed by atoms with van der Waals surface area (Å²) in [5, 5.41) is 0. The van der Waals surface area contributed by atoms with E-state index in [1.165, 1.54) is 6.42 Å². The molecular weight excluding hydrogens is 200 g/mol. The summed E-state index contributed by atoms with van der Waals surface area (Å²) >= 11 is 5.51. The van der Waals surface area contributed by atoms with E-state index in [1.54, 1.807) is 0 Å². The van der Waals surface area contributed by atoms with E-state index in [0.29, 0.717) is 12.7 Å². The predicted molar refractivity (Wildman–Crippen MR) is 60.8 cm³/mol. The van der Waals surface area contributed by atoms with Crippen molar-refractivity contribution in [3.8, 4) is 0 Å². The van der Waals surface area contributed by atoms with Crippen LogP contribution in [0.3, 0.4) is 0 Å². The Morgan fingerprint density at radius 2 is 1.79 bits per heavy atom. The molecule has 0 aromatic rings. The number of halogens is 1. The average molecular weight is 221 g/mol. The molecule has 0 amide bonds.